The largest absolute Gasteiger partial charge is 0.481 e. The van der Waals surface area contributed by atoms with Crippen molar-refractivity contribution in [3.63, 3.8) is 0 Å². The van der Waals surface area contributed by atoms with Crippen molar-refractivity contribution in [1.82, 2.24) is 4.90 Å². The van der Waals surface area contributed by atoms with Gasteiger partial charge >= 0.3 is 5.97 Å². The van der Waals surface area contributed by atoms with E-state index in [1.165, 1.54) is 40.7 Å². The van der Waals surface area contributed by atoms with Crippen LogP contribution < -0.4 is 5.32 Å². The van der Waals surface area contributed by atoms with E-state index in [1.54, 1.807) is 19.2 Å². The number of hydrogen-bond acceptors (Lipinski definition) is 4. The van der Waals surface area contributed by atoms with Crippen molar-refractivity contribution in [3.8, 4) is 0 Å². The lowest BCUT2D eigenvalue weighted by Crippen LogP contribution is -2.29. The molecule has 0 radical (unpaired) electrons. The average molecular weight is 463 g/mol. The predicted molar refractivity (Wildman–Crippen MR) is 134 cm³/mol. The third-order valence-corrected chi connectivity index (χ3v) is 6.99. The fourth-order valence-electron chi connectivity index (χ4n) is 4.99. The maximum Gasteiger partial charge on any atom is 0.305 e. The summed E-state index contributed by atoms with van der Waals surface area (Å²) in [5.41, 5.74) is 4.82. The van der Waals surface area contributed by atoms with E-state index in [2.05, 4.69) is 37.4 Å². The second-order valence-electron chi connectivity index (χ2n) is 9.56. The summed E-state index contributed by atoms with van der Waals surface area (Å²) in [5, 5.41) is 13.8. The number of fused-ring (bicyclic) bond motifs is 1. The number of carboxylic acids is 1. The molecular formula is C28H34N2O4. The highest BCUT2D eigenvalue weighted by molar-refractivity contribution is 5.94. The molecule has 1 aliphatic rings. The molecule has 0 saturated heterocycles. The standard InChI is InChI=1S/C28H34N2O4/c1-18-9-14-24-23(17-18)19(2)27(34-24)26(20-7-5-4-6-8-20)29-22-12-10-21(11-13-22)28(33)30(3)16-15-25(31)32/h9-14,17,20,26,29H,4-8,15-16H2,1-3H3,(H,31,32). The summed E-state index contributed by atoms with van der Waals surface area (Å²) in [6.45, 7) is 4.43. The van der Waals surface area contributed by atoms with E-state index in [1.807, 2.05) is 12.1 Å². The first-order valence-electron chi connectivity index (χ1n) is 12.2. The molecule has 1 aliphatic carbocycles. The molecular weight excluding hydrogens is 428 g/mol. The molecule has 0 aliphatic heterocycles. The lowest BCUT2D eigenvalue weighted by molar-refractivity contribution is -0.137. The van der Waals surface area contributed by atoms with Crippen LogP contribution in [0.5, 0.6) is 0 Å². The summed E-state index contributed by atoms with van der Waals surface area (Å²) in [5.74, 6) is 0.391. The van der Waals surface area contributed by atoms with Crippen LogP contribution in [0.15, 0.2) is 46.9 Å². The minimum Gasteiger partial charge on any atom is -0.481 e. The van der Waals surface area contributed by atoms with Gasteiger partial charge in [0, 0.05) is 35.8 Å². The van der Waals surface area contributed by atoms with Gasteiger partial charge in [0.2, 0.25) is 0 Å². The van der Waals surface area contributed by atoms with Gasteiger partial charge in [-0.05, 0) is 69.0 Å². The Balaban J connectivity index is 1.57. The van der Waals surface area contributed by atoms with Gasteiger partial charge in [0.1, 0.15) is 11.3 Å². The average Bonchev–Trinajstić information content (AvgIpc) is 3.16. The van der Waals surface area contributed by atoms with Gasteiger partial charge in [-0.25, -0.2) is 0 Å². The number of carbonyl (C=O) groups excluding carboxylic acids is 1. The van der Waals surface area contributed by atoms with Crippen molar-refractivity contribution in [2.24, 2.45) is 5.92 Å². The molecule has 1 fully saturated rings. The number of benzene rings is 2. The number of aryl methyl sites for hydroxylation is 2. The number of anilines is 1. The van der Waals surface area contributed by atoms with Crippen LogP contribution in [0.25, 0.3) is 11.0 Å². The van der Waals surface area contributed by atoms with Crippen molar-refractivity contribution in [2.75, 3.05) is 18.9 Å². The summed E-state index contributed by atoms with van der Waals surface area (Å²) in [6.07, 6.45) is 6.01. The van der Waals surface area contributed by atoms with Crippen LogP contribution in [-0.4, -0.2) is 35.5 Å². The Bertz CT molecular complexity index is 1160. The molecule has 1 atom stereocenters. The maximum absolute atomic E-state index is 12.6. The third-order valence-electron chi connectivity index (χ3n) is 6.99. The predicted octanol–water partition coefficient (Wildman–Crippen LogP) is 6.33. The topological polar surface area (TPSA) is 82.8 Å². The number of carboxylic acid groups (broad SMARTS) is 1. The Morgan fingerprint density at radius 1 is 1.09 bits per heavy atom. The zero-order valence-electron chi connectivity index (χ0n) is 20.3. The molecule has 0 bridgehead atoms. The Hall–Kier alpha value is -3.28. The fraction of sp³-hybridized carbons (Fsp3) is 0.429. The first-order chi connectivity index (χ1) is 16.3. The SMILES string of the molecule is Cc1ccc2oc(C(Nc3ccc(C(=O)N(C)CCC(=O)O)cc3)C3CCCCC3)c(C)c2c1. The van der Waals surface area contributed by atoms with Gasteiger partial charge < -0.3 is 19.7 Å². The van der Waals surface area contributed by atoms with E-state index < -0.39 is 5.97 Å². The minimum atomic E-state index is -0.913. The molecule has 1 saturated carbocycles. The monoisotopic (exact) mass is 462 g/mol. The first kappa shape index (κ1) is 23.9. The van der Waals surface area contributed by atoms with Gasteiger partial charge in [0.25, 0.3) is 5.91 Å². The molecule has 6 nitrogen and oxygen atoms in total. The second-order valence-corrected chi connectivity index (χ2v) is 9.56. The zero-order valence-corrected chi connectivity index (χ0v) is 20.3. The molecule has 180 valence electrons. The molecule has 0 spiro atoms. The van der Waals surface area contributed by atoms with Gasteiger partial charge in [-0.2, -0.15) is 0 Å². The highest BCUT2D eigenvalue weighted by atomic mass is 16.4. The number of furan rings is 1. The van der Waals surface area contributed by atoms with Gasteiger partial charge in [-0.15, -0.1) is 0 Å². The Morgan fingerprint density at radius 3 is 2.47 bits per heavy atom. The van der Waals surface area contributed by atoms with E-state index in [9.17, 15) is 9.59 Å². The van der Waals surface area contributed by atoms with Crippen LogP contribution in [0, 0.1) is 19.8 Å². The molecule has 6 heteroatoms. The summed E-state index contributed by atoms with van der Waals surface area (Å²) in [6, 6.07) is 13.8. The molecule has 1 amide bonds. The number of aliphatic carboxylic acids is 1. The van der Waals surface area contributed by atoms with Crippen molar-refractivity contribution < 1.29 is 19.1 Å². The van der Waals surface area contributed by atoms with Crippen LogP contribution in [0.4, 0.5) is 5.69 Å². The van der Waals surface area contributed by atoms with Gasteiger partial charge in [0.15, 0.2) is 0 Å². The van der Waals surface area contributed by atoms with E-state index >= 15 is 0 Å². The van der Waals surface area contributed by atoms with Gasteiger partial charge in [-0.1, -0.05) is 30.9 Å². The van der Waals surface area contributed by atoms with E-state index in [4.69, 9.17) is 9.52 Å². The quantitative estimate of drug-likeness (QED) is 0.409. The minimum absolute atomic E-state index is 0.0628. The van der Waals surface area contributed by atoms with Gasteiger partial charge in [0.05, 0.1) is 12.5 Å². The lowest BCUT2D eigenvalue weighted by Gasteiger charge is -2.31. The van der Waals surface area contributed by atoms with Crippen molar-refractivity contribution in [1.29, 1.82) is 0 Å². The first-order valence-corrected chi connectivity index (χ1v) is 12.2. The van der Waals surface area contributed by atoms with Crippen LogP contribution >= 0.6 is 0 Å². The van der Waals surface area contributed by atoms with Crippen molar-refractivity contribution in [2.45, 2.75) is 58.4 Å². The summed E-state index contributed by atoms with van der Waals surface area (Å²) >= 11 is 0. The van der Waals surface area contributed by atoms with Crippen LogP contribution in [0.3, 0.4) is 0 Å². The summed E-state index contributed by atoms with van der Waals surface area (Å²) < 4.78 is 6.41. The smallest absolute Gasteiger partial charge is 0.305 e. The molecule has 1 unspecified atom stereocenters. The summed E-state index contributed by atoms with van der Waals surface area (Å²) in [4.78, 5) is 24.9. The number of nitrogens with zero attached hydrogens (tertiary/aromatic N) is 1. The zero-order chi connectivity index (χ0) is 24.2. The number of hydrogen-bond donors (Lipinski definition) is 2. The Morgan fingerprint density at radius 2 is 1.79 bits per heavy atom. The number of nitrogens with one attached hydrogen (secondary N) is 1. The second kappa shape index (κ2) is 10.3. The number of carbonyl (C=O) groups is 2. The Labute approximate surface area is 200 Å². The summed E-state index contributed by atoms with van der Waals surface area (Å²) in [7, 11) is 1.63. The Kier molecular flexibility index (Phi) is 7.25. The molecule has 2 N–H and O–H groups in total. The van der Waals surface area contributed by atoms with Crippen LogP contribution in [-0.2, 0) is 4.79 Å². The highest BCUT2D eigenvalue weighted by Crippen LogP contribution is 2.41. The number of amides is 1. The molecule has 34 heavy (non-hydrogen) atoms. The maximum atomic E-state index is 12.6. The van der Waals surface area contributed by atoms with Crippen LogP contribution in [0.2, 0.25) is 0 Å². The van der Waals surface area contributed by atoms with E-state index in [0.29, 0.717) is 11.5 Å². The molecule has 2 aromatic carbocycles. The molecule has 3 aromatic rings. The van der Waals surface area contributed by atoms with Gasteiger partial charge in [-0.3, -0.25) is 9.59 Å². The molecule has 1 heterocycles. The van der Waals surface area contributed by atoms with Crippen LogP contribution in [0.1, 0.15) is 71.8 Å². The third kappa shape index (κ3) is 5.27. The van der Waals surface area contributed by atoms with E-state index in [-0.39, 0.29) is 24.9 Å². The lowest BCUT2D eigenvalue weighted by atomic mass is 9.82. The highest BCUT2D eigenvalue weighted by Gasteiger charge is 2.30. The fourth-order valence-corrected chi connectivity index (χ4v) is 4.99. The molecule has 1 aromatic heterocycles. The molecule has 4 rings (SSSR count). The van der Waals surface area contributed by atoms with Crippen molar-refractivity contribution in [3.05, 3.63) is 64.9 Å². The number of rotatable bonds is 8. The van der Waals surface area contributed by atoms with Crippen molar-refractivity contribution >= 4 is 28.5 Å². The normalized spacial score (nSPS) is 15.3. The van der Waals surface area contributed by atoms with E-state index in [0.717, 1.165) is 29.9 Å².